The van der Waals surface area contributed by atoms with Crippen molar-refractivity contribution in [3.8, 4) is 0 Å². The monoisotopic (exact) mass is 275 g/mol. The first-order chi connectivity index (χ1) is 9.33. The summed E-state index contributed by atoms with van der Waals surface area (Å²) in [6, 6.07) is 8.53. The van der Waals surface area contributed by atoms with Crippen LogP contribution in [-0.4, -0.2) is 0 Å². The van der Waals surface area contributed by atoms with Crippen LogP contribution in [0.4, 0.5) is 0 Å². The summed E-state index contributed by atoms with van der Waals surface area (Å²) in [6.07, 6.45) is 13.8. The zero-order valence-corrected chi connectivity index (χ0v) is 12.4. The molecule has 0 unspecified atom stereocenters. The van der Waals surface area contributed by atoms with Crippen LogP contribution >= 0.6 is 11.6 Å². The van der Waals surface area contributed by atoms with E-state index in [9.17, 15) is 0 Å². The van der Waals surface area contributed by atoms with E-state index in [-0.39, 0.29) is 0 Å². The average molecular weight is 276 g/mol. The van der Waals surface area contributed by atoms with Crippen LogP contribution in [0.5, 0.6) is 0 Å². The van der Waals surface area contributed by atoms with Crippen molar-refractivity contribution in [1.82, 2.24) is 0 Å². The van der Waals surface area contributed by atoms with Crippen molar-refractivity contribution in [3.05, 3.63) is 41.3 Å². The predicted molar refractivity (Wildman–Crippen MR) is 82.4 cm³/mol. The van der Waals surface area contributed by atoms with Gasteiger partial charge in [-0.3, -0.25) is 0 Å². The first-order valence-electron chi connectivity index (χ1n) is 7.90. The second-order valence-electron chi connectivity index (χ2n) is 6.37. The molecule has 2 aliphatic rings. The zero-order valence-electron chi connectivity index (χ0n) is 11.7. The normalized spacial score (nSPS) is 29.3. The lowest BCUT2D eigenvalue weighted by atomic mass is 9.70. The largest absolute Gasteiger partial charge is 0.0843 e. The Morgan fingerprint density at radius 1 is 0.737 bits per heavy atom. The number of hydrogen-bond donors (Lipinski definition) is 0. The van der Waals surface area contributed by atoms with Gasteiger partial charge in [0.2, 0.25) is 0 Å². The van der Waals surface area contributed by atoms with Crippen molar-refractivity contribution in [1.29, 1.82) is 0 Å². The Hall–Kier alpha value is -0.490. The van der Waals surface area contributed by atoms with Gasteiger partial charge >= 0.3 is 0 Å². The third-order valence-electron chi connectivity index (χ3n) is 5.26. The molecule has 0 amide bonds. The molecule has 2 saturated carbocycles. The molecule has 0 aliphatic heterocycles. The Morgan fingerprint density at radius 2 is 1.32 bits per heavy atom. The van der Waals surface area contributed by atoms with Crippen LogP contribution in [0.15, 0.2) is 24.3 Å². The van der Waals surface area contributed by atoms with E-state index in [1.54, 1.807) is 0 Å². The minimum absolute atomic E-state index is 0.781. The average Bonchev–Trinajstić information content (AvgIpc) is 2.49. The smallest absolute Gasteiger partial charge is 0.0406 e. The van der Waals surface area contributed by atoms with Gasteiger partial charge in [-0.1, -0.05) is 23.7 Å². The summed E-state index contributed by atoms with van der Waals surface area (Å²) in [5, 5.41) is 0.857. The second-order valence-corrected chi connectivity index (χ2v) is 6.80. The first-order valence-corrected chi connectivity index (χ1v) is 8.28. The molecule has 0 N–H and O–H groups in total. The quantitative estimate of drug-likeness (QED) is 0.620. The standard InChI is InChI=1S/C18H24Cl/c19-18-12-10-17(11-13-18)16-8-6-15(7-9-16)14-4-2-1-3-5-14/h1,10-16H,2-9H2/t15-,16-. The summed E-state index contributed by atoms with van der Waals surface area (Å²) >= 11 is 5.97. The summed E-state index contributed by atoms with van der Waals surface area (Å²) < 4.78 is 0. The summed E-state index contributed by atoms with van der Waals surface area (Å²) in [4.78, 5) is 0. The van der Waals surface area contributed by atoms with E-state index < -0.39 is 0 Å². The molecule has 0 saturated heterocycles. The van der Waals surface area contributed by atoms with E-state index in [1.165, 1.54) is 56.9 Å². The molecule has 2 aliphatic carbocycles. The second kappa shape index (κ2) is 6.31. The van der Waals surface area contributed by atoms with Crippen LogP contribution < -0.4 is 0 Å². The van der Waals surface area contributed by atoms with Gasteiger partial charge in [0, 0.05) is 5.02 Å². The summed E-state index contributed by atoms with van der Waals surface area (Å²) in [7, 11) is 0. The number of rotatable bonds is 2. The molecule has 0 nitrogen and oxygen atoms in total. The molecule has 0 heterocycles. The fraction of sp³-hybridized carbons (Fsp3) is 0.611. The van der Waals surface area contributed by atoms with Gasteiger partial charge < -0.3 is 0 Å². The number of hydrogen-bond acceptors (Lipinski definition) is 0. The molecule has 0 spiro atoms. The highest BCUT2D eigenvalue weighted by atomic mass is 35.5. The first kappa shape index (κ1) is 13.5. The van der Waals surface area contributed by atoms with Gasteiger partial charge in [-0.05, 0) is 93.2 Å². The maximum atomic E-state index is 5.97. The lowest BCUT2D eigenvalue weighted by Crippen LogP contribution is -2.23. The molecule has 2 fully saturated rings. The van der Waals surface area contributed by atoms with Crippen molar-refractivity contribution >= 4 is 11.6 Å². The molecule has 1 aromatic carbocycles. The SMILES string of the molecule is Clc1ccc([C@H]2CC[C@H](C3CC[CH]CC3)CC2)cc1. The summed E-state index contributed by atoms with van der Waals surface area (Å²) in [6.45, 7) is 0. The number of benzene rings is 1. The maximum absolute atomic E-state index is 5.97. The Kier molecular flexibility index (Phi) is 4.48. The van der Waals surface area contributed by atoms with E-state index in [0.29, 0.717) is 0 Å². The number of halogens is 1. The van der Waals surface area contributed by atoms with Crippen LogP contribution in [0, 0.1) is 18.3 Å². The van der Waals surface area contributed by atoms with Crippen molar-refractivity contribution in [3.63, 3.8) is 0 Å². The molecule has 19 heavy (non-hydrogen) atoms. The van der Waals surface area contributed by atoms with E-state index in [4.69, 9.17) is 11.6 Å². The van der Waals surface area contributed by atoms with Crippen molar-refractivity contribution in [2.75, 3.05) is 0 Å². The Labute approximate surface area is 122 Å². The Balaban J connectivity index is 1.55. The summed E-state index contributed by atoms with van der Waals surface area (Å²) in [5.74, 6) is 2.82. The minimum atomic E-state index is 0.781. The van der Waals surface area contributed by atoms with Gasteiger partial charge in [0.05, 0.1) is 0 Å². The van der Waals surface area contributed by atoms with E-state index >= 15 is 0 Å². The molecule has 103 valence electrons. The summed E-state index contributed by atoms with van der Waals surface area (Å²) in [5.41, 5.74) is 1.50. The molecule has 0 bridgehead atoms. The molecule has 1 heteroatoms. The highest BCUT2D eigenvalue weighted by Crippen LogP contribution is 2.42. The molecule has 1 radical (unpaired) electrons. The van der Waals surface area contributed by atoms with Crippen molar-refractivity contribution in [2.45, 2.75) is 57.3 Å². The molecular weight excluding hydrogens is 252 g/mol. The van der Waals surface area contributed by atoms with Gasteiger partial charge in [-0.15, -0.1) is 0 Å². The van der Waals surface area contributed by atoms with Crippen LogP contribution in [0.2, 0.25) is 5.02 Å². The third-order valence-corrected chi connectivity index (χ3v) is 5.52. The van der Waals surface area contributed by atoms with Gasteiger partial charge in [0.25, 0.3) is 0 Å². The van der Waals surface area contributed by atoms with Gasteiger partial charge in [-0.25, -0.2) is 0 Å². The molecule has 0 atom stereocenters. The zero-order chi connectivity index (χ0) is 13.1. The maximum Gasteiger partial charge on any atom is 0.0406 e. The molecule has 3 rings (SSSR count). The van der Waals surface area contributed by atoms with Crippen molar-refractivity contribution in [2.24, 2.45) is 11.8 Å². The molecular formula is C18H24Cl. The Bertz CT molecular complexity index is 381. The van der Waals surface area contributed by atoms with E-state index in [1.807, 2.05) is 12.1 Å². The minimum Gasteiger partial charge on any atom is -0.0843 e. The fourth-order valence-electron chi connectivity index (χ4n) is 4.08. The lowest BCUT2D eigenvalue weighted by Gasteiger charge is -2.36. The molecule has 1 aromatic rings. The third kappa shape index (κ3) is 3.34. The van der Waals surface area contributed by atoms with Crippen LogP contribution in [0.3, 0.4) is 0 Å². The van der Waals surface area contributed by atoms with Gasteiger partial charge in [0.15, 0.2) is 0 Å². The van der Waals surface area contributed by atoms with Crippen molar-refractivity contribution < 1.29 is 0 Å². The highest BCUT2D eigenvalue weighted by molar-refractivity contribution is 6.30. The predicted octanol–water partition coefficient (Wildman–Crippen LogP) is 6.01. The van der Waals surface area contributed by atoms with Gasteiger partial charge in [0.1, 0.15) is 0 Å². The lowest BCUT2D eigenvalue weighted by molar-refractivity contribution is 0.199. The van der Waals surface area contributed by atoms with Gasteiger partial charge in [-0.2, -0.15) is 0 Å². The van der Waals surface area contributed by atoms with Crippen LogP contribution in [0.25, 0.3) is 0 Å². The van der Waals surface area contributed by atoms with Crippen LogP contribution in [0.1, 0.15) is 62.8 Å². The fourth-order valence-corrected chi connectivity index (χ4v) is 4.21. The van der Waals surface area contributed by atoms with Crippen LogP contribution in [-0.2, 0) is 0 Å². The van der Waals surface area contributed by atoms with E-state index in [0.717, 1.165) is 22.8 Å². The highest BCUT2D eigenvalue weighted by Gasteiger charge is 2.28. The van der Waals surface area contributed by atoms with E-state index in [2.05, 4.69) is 18.6 Å². The Morgan fingerprint density at radius 3 is 1.95 bits per heavy atom. The molecule has 0 aromatic heterocycles. The topological polar surface area (TPSA) is 0 Å².